The maximum atomic E-state index is 12.5. The second kappa shape index (κ2) is 7.07. The minimum absolute atomic E-state index is 0.0914. The second-order valence-corrected chi connectivity index (χ2v) is 8.03. The maximum Gasteiger partial charge on any atom is 0.260 e. The van der Waals surface area contributed by atoms with Crippen molar-refractivity contribution in [2.75, 3.05) is 5.75 Å². The maximum absolute atomic E-state index is 12.5. The molecular weight excluding hydrogens is 348 g/mol. The van der Waals surface area contributed by atoms with Crippen LogP contribution in [0.25, 0.3) is 21.3 Å². The van der Waals surface area contributed by atoms with Crippen LogP contribution >= 0.6 is 34.7 Å². The number of nitrogens with one attached hydrogen (secondary N) is 1. The average molecular weight is 365 g/mol. The van der Waals surface area contributed by atoms with Gasteiger partial charge in [0.1, 0.15) is 10.7 Å². The minimum atomic E-state index is -0.0914. The average Bonchev–Trinajstić information content (AvgIpc) is 2.91. The first-order chi connectivity index (χ1) is 11.1. The van der Waals surface area contributed by atoms with E-state index in [0.29, 0.717) is 16.3 Å². The summed E-state index contributed by atoms with van der Waals surface area (Å²) in [6, 6.07) is 7.56. The van der Waals surface area contributed by atoms with Crippen molar-refractivity contribution >= 4 is 44.9 Å². The van der Waals surface area contributed by atoms with Crippen molar-refractivity contribution in [1.29, 1.82) is 0 Å². The van der Waals surface area contributed by atoms with Gasteiger partial charge in [-0.2, -0.15) is 11.8 Å². The first-order valence-corrected chi connectivity index (χ1v) is 9.80. The molecule has 1 aromatic carbocycles. The van der Waals surface area contributed by atoms with Crippen LogP contribution in [0.15, 0.2) is 34.4 Å². The SMILES string of the molecule is CC(C)CSCc1nc2scc(-c3ccccc3Cl)c2c(=O)[nH]1. The summed E-state index contributed by atoms with van der Waals surface area (Å²) < 4.78 is 0. The number of nitrogens with zero attached hydrogens (tertiary/aromatic N) is 1. The molecule has 23 heavy (non-hydrogen) atoms. The van der Waals surface area contributed by atoms with Gasteiger partial charge in [0, 0.05) is 21.5 Å². The fraction of sp³-hybridized carbons (Fsp3) is 0.294. The molecular formula is C17H17ClN2OS2. The topological polar surface area (TPSA) is 45.8 Å². The summed E-state index contributed by atoms with van der Waals surface area (Å²) in [4.78, 5) is 20.8. The lowest BCUT2D eigenvalue weighted by molar-refractivity contribution is 0.750. The molecule has 0 atom stereocenters. The van der Waals surface area contributed by atoms with E-state index in [4.69, 9.17) is 11.6 Å². The Morgan fingerprint density at radius 3 is 2.83 bits per heavy atom. The van der Waals surface area contributed by atoms with Crippen LogP contribution < -0.4 is 5.56 Å². The van der Waals surface area contributed by atoms with Crippen molar-refractivity contribution in [2.45, 2.75) is 19.6 Å². The van der Waals surface area contributed by atoms with Crippen LogP contribution in [0.4, 0.5) is 0 Å². The normalized spacial score (nSPS) is 11.5. The number of thioether (sulfide) groups is 1. The van der Waals surface area contributed by atoms with E-state index in [1.807, 2.05) is 29.6 Å². The van der Waals surface area contributed by atoms with Crippen molar-refractivity contribution in [3.05, 3.63) is 50.8 Å². The number of aromatic amines is 1. The summed E-state index contributed by atoms with van der Waals surface area (Å²) in [5.74, 6) is 3.14. The molecule has 2 aromatic heterocycles. The van der Waals surface area contributed by atoms with Gasteiger partial charge in [-0.15, -0.1) is 11.3 Å². The van der Waals surface area contributed by atoms with Crippen LogP contribution in [0.5, 0.6) is 0 Å². The fourth-order valence-corrected chi connectivity index (χ4v) is 4.45. The van der Waals surface area contributed by atoms with Gasteiger partial charge in [-0.3, -0.25) is 4.79 Å². The first kappa shape index (κ1) is 16.6. The third-order valence-corrected chi connectivity index (χ3v) is 5.93. The second-order valence-electron chi connectivity index (χ2n) is 5.73. The number of fused-ring (bicyclic) bond motifs is 1. The fourth-order valence-electron chi connectivity index (χ4n) is 2.33. The molecule has 0 bridgehead atoms. The molecule has 0 unspecified atom stereocenters. The van der Waals surface area contributed by atoms with Gasteiger partial charge in [-0.05, 0) is 17.7 Å². The smallest absolute Gasteiger partial charge is 0.260 e. The zero-order valence-electron chi connectivity index (χ0n) is 12.9. The monoisotopic (exact) mass is 364 g/mol. The minimum Gasteiger partial charge on any atom is -0.309 e. The molecule has 2 heterocycles. The molecule has 0 aliphatic carbocycles. The lowest BCUT2D eigenvalue weighted by atomic mass is 10.1. The van der Waals surface area contributed by atoms with Gasteiger partial charge in [-0.25, -0.2) is 4.98 Å². The molecule has 0 saturated heterocycles. The molecule has 3 aromatic rings. The summed E-state index contributed by atoms with van der Waals surface area (Å²) in [5, 5.41) is 3.22. The van der Waals surface area contributed by atoms with Gasteiger partial charge >= 0.3 is 0 Å². The van der Waals surface area contributed by atoms with E-state index in [1.54, 1.807) is 11.8 Å². The Morgan fingerprint density at radius 1 is 1.30 bits per heavy atom. The lowest BCUT2D eigenvalue weighted by Crippen LogP contribution is -2.11. The largest absolute Gasteiger partial charge is 0.309 e. The van der Waals surface area contributed by atoms with Gasteiger partial charge in [0.05, 0.1) is 11.1 Å². The molecule has 0 radical (unpaired) electrons. The Morgan fingerprint density at radius 2 is 2.09 bits per heavy atom. The van der Waals surface area contributed by atoms with Gasteiger partial charge in [0.2, 0.25) is 0 Å². The summed E-state index contributed by atoms with van der Waals surface area (Å²) in [6.45, 7) is 4.36. The highest BCUT2D eigenvalue weighted by atomic mass is 35.5. The number of H-pyrrole nitrogens is 1. The van der Waals surface area contributed by atoms with Crippen LogP contribution in [0, 0.1) is 5.92 Å². The van der Waals surface area contributed by atoms with Crippen molar-refractivity contribution < 1.29 is 0 Å². The Bertz CT molecular complexity index is 886. The van der Waals surface area contributed by atoms with Crippen molar-refractivity contribution in [1.82, 2.24) is 9.97 Å². The summed E-state index contributed by atoms with van der Waals surface area (Å²) in [5.41, 5.74) is 1.63. The highest BCUT2D eigenvalue weighted by Crippen LogP contribution is 2.34. The van der Waals surface area contributed by atoms with Gasteiger partial charge < -0.3 is 4.98 Å². The quantitative estimate of drug-likeness (QED) is 0.677. The van der Waals surface area contributed by atoms with Crippen molar-refractivity contribution in [2.24, 2.45) is 5.92 Å². The molecule has 120 valence electrons. The number of aromatic nitrogens is 2. The Hall–Kier alpha value is -1.30. The number of thiophene rings is 1. The van der Waals surface area contributed by atoms with Crippen LogP contribution in [0.3, 0.4) is 0 Å². The van der Waals surface area contributed by atoms with Crippen molar-refractivity contribution in [3.63, 3.8) is 0 Å². The number of rotatable bonds is 5. The molecule has 6 heteroatoms. The van der Waals surface area contributed by atoms with Gasteiger partial charge in [-0.1, -0.05) is 43.6 Å². The highest BCUT2D eigenvalue weighted by Gasteiger charge is 2.14. The molecule has 0 aliphatic heterocycles. The number of benzene rings is 1. The molecule has 0 fully saturated rings. The lowest BCUT2D eigenvalue weighted by Gasteiger charge is -2.05. The number of hydrogen-bond acceptors (Lipinski definition) is 4. The molecule has 0 saturated carbocycles. The van der Waals surface area contributed by atoms with E-state index in [2.05, 4.69) is 23.8 Å². The molecule has 3 nitrogen and oxygen atoms in total. The third kappa shape index (κ3) is 3.62. The van der Waals surface area contributed by atoms with E-state index < -0.39 is 0 Å². The van der Waals surface area contributed by atoms with E-state index in [-0.39, 0.29) is 5.56 Å². The molecule has 0 amide bonds. The highest BCUT2D eigenvalue weighted by molar-refractivity contribution is 7.98. The van der Waals surface area contributed by atoms with E-state index in [9.17, 15) is 4.79 Å². The summed E-state index contributed by atoms with van der Waals surface area (Å²) in [7, 11) is 0. The Labute approximate surface area is 148 Å². The predicted molar refractivity (Wildman–Crippen MR) is 102 cm³/mol. The standard InChI is InChI=1S/C17H17ClN2OS2/c1-10(2)7-22-9-14-19-16(21)15-12(8-23-17(15)20-14)11-5-3-4-6-13(11)18/h3-6,8,10H,7,9H2,1-2H3,(H,19,20,21). The molecule has 0 spiro atoms. The van der Waals surface area contributed by atoms with Crippen LogP contribution in [0.1, 0.15) is 19.7 Å². The van der Waals surface area contributed by atoms with E-state index >= 15 is 0 Å². The Kier molecular flexibility index (Phi) is 5.09. The summed E-state index contributed by atoms with van der Waals surface area (Å²) >= 11 is 9.54. The molecule has 1 N–H and O–H groups in total. The predicted octanol–water partition coefficient (Wildman–Crippen LogP) is 5.19. The molecule has 3 rings (SSSR count). The van der Waals surface area contributed by atoms with Crippen LogP contribution in [-0.4, -0.2) is 15.7 Å². The van der Waals surface area contributed by atoms with Crippen molar-refractivity contribution in [3.8, 4) is 11.1 Å². The third-order valence-electron chi connectivity index (χ3n) is 3.35. The van der Waals surface area contributed by atoms with E-state index in [0.717, 1.165) is 33.3 Å². The van der Waals surface area contributed by atoms with Crippen LogP contribution in [0.2, 0.25) is 5.02 Å². The number of hydrogen-bond donors (Lipinski definition) is 1. The Balaban J connectivity index is 1.99. The summed E-state index contributed by atoms with van der Waals surface area (Å²) in [6.07, 6.45) is 0. The van der Waals surface area contributed by atoms with Crippen LogP contribution in [-0.2, 0) is 5.75 Å². The number of halogens is 1. The van der Waals surface area contributed by atoms with Gasteiger partial charge in [0.15, 0.2) is 0 Å². The zero-order valence-corrected chi connectivity index (χ0v) is 15.3. The zero-order chi connectivity index (χ0) is 16.4. The first-order valence-electron chi connectivity index (χ1n) is 7.39. The molecule has 0 aliphatic rings. The van der Waals surface area contributed by atoms with E-state index in [1.165, 1.54) is 11.3 Å². The van der Waals surface area contributed by atoms with Gasteiger partial charge in [0.25, 0.3) is 5.56 Å².